The molecule has 0 aliphatic carbocycles. The van der Waals surface area contributed by atoms with E-state index < -0.39 is 17.8 Å². The van der Waals surface area contributed by atoms with Gasteiger partial charge in [-0.2, -0.15) is 0 Å². The fourth-order valence-electron chi connectivity index (χ4n) is 2.35. The summed E-state index contributed by atoms with van der Waals surface area (Å²) < 4.78 is 5.45. The van der Waals surface area contributed by atoms with E-state index in [2.05, 4.69) is 4.98 Å². The first-order valence-corrected chi connectivity index (χ1v) is 6.16. The molecule has 0 aliphatic heterocycles. The minimum absolute atomic E-state index is 0.0801. The summed E-state index contributed by atoms with van der Waals surface area (Å²) in [6, 6.07) is 8.62. The number of para-hydroxylation sites is 1. The molecule has 0 bridgehead atoms. The minimum atomic E-state index is -0.569. The molecule has 0 atom stereocenters. The van der Waals surface area contributed by atoms with E-state index in [0.717, 1.165) is 22.7 Å². The third-order valence-electron chi connectivity index (χ3n) is 3.25. The lowest BCUT2D eigenvalue weighted by Crippen LogP contribution is -2.03. The molecular weight excluding hydrogens is 258 g/mol. The zero-order valence-corrected chi connectivity index (χ0v) is 10.8. The Morgan fingerprint density at radius 2 is 2.05 bits per heavy atom. The third-order valence-corrected chi connectivity index (χ3v) is 3.25. The number of benzene rings is 1. The molecule has 20 heavy (non-hydrogen) atoms. The molecule has 0 spiro atoms. The number of aromatic amines is 1. The van der Waals surface area contributed by atoms with Crippen molar-refractivity contribution in [3.8, 4) is 17.1 Å². The van der Waals surface area contributed by atoms with Gasteiger partial charge in [0.1, 0.15) is 12.4 Å². The molecule has 0 radical (unpaired) electrons. The summed E-state index contributed by atoms with van der Waals surface area (Å²) in [5.74, 6) is -0.251. The van der Waals surface area contributed by atoms with Crippen LogP contribution in [-0.2, 0) is 6.61 Å². The van der Waals surface area contributed by atoms with Crippen molar-refractivity contribution in [2.75, 3.05) is 0 Å². The van der Waals surface area contributed by atoms with Crippen LogP contribution in [0.25, 0.3) is 22.2 Å². The summed E-state index contributed by atoms with van der Waals surface area (Å²) in [5.41, 5.74) is 1.72. The number of aryl methyl sites for hydroxylation is 1. The minimum Gasteiger partial charge on any atom is -0.502 e. The van der Waals surface area contributed by atoms with Gasteiger partial charge in [-0.05, 0) is 13.0 Å². The van der Waals surface area contributed by atoms with Crippen LogP contribution in [0.2, 0.25) is 0 Å². The number of aliphatic hydroxyl groups excluding tert-OH is 1. The lowest BCUT2D eigenvalue weighted by Gasteiger charge is -2.05. The van der Waals surface area contributed by atoms with Crippen LogP contribution in [0, 0.1) is 6.92 Å². The predicted octanol–water partition coefficient (Wildman–Crippen LogP) is 2.29. The van der Waals surface area contributed by atoms with Crippen molar-refractivity contribution in [1.82, 2.24) is 4.98 Å². The number of nitrogens with one attached hydrogen (secondary N) is 1. The van der Waals surface area contributed by atoms with Crippen molar-refractivity contribution in [2.45, 2.75) is 13.5 Å². The van der Waals surface area contributed by atoms with Gasteiger partial charge in [0.25, 0.3) is 0 Å². The van der Waals surface area contributed by atoms with Crippen LogP contribution < -0.4 is 5.43 Å². The Bertz CT molecular complexity index is 845. The number of aliphatic hydroxyl groups is 1. The monoisotopic (exact) mass is 271 g/mol. The number of aromatic hydroxyl groups is 1. The summed E-state index contributed by atoms with van der Waals surface area (Å²) in [7, 11) is 0. The molecule has 0 saturated heterocycles. The average molecular weight is 271 g/mol. The highest BCUT2D eigenvalue weighted by Crippen LogP contribution is 2.36. The molecule has 0 unspecified atom stereocenters. The van der Waals surface area contributed by atoms with Gasteiger partial charge in [0.2, 0.25) is 11.2 Å². The van der Waals surface area contributed by atoms with Crippen LogP contribution in [0.4, 0.5) is 0 Å². The maximum absolute atomic E-state index is 11.7. The fourth-order valence-corrected chi connectivity index (χ4v) is 2.35. The first kappa shape index (κ1) is 12.5. The van der Waals surface area contributed by atoms with Gasteiger partial charge in [0.05, 0.1) is 0 Å². The van der Waals surface area contributed by atoms with Crippen LogP contribution in [0.5, 0.6) is 5.75 Å². The van der Waals surface area contributed by atoms with Crippen molar-refractivity contribution in [3.05, 3.63) is 52.0 Å². The van der Waals surface area contributed by atoms with Gasteiger partial charge in [-0.1, -0.05) is 18.2 Å². The summed E-state index contributed by atoms with van der Waals surface area (Å²) >= 11 is 0. The summed E-state index contributed by atoms with van der Waals surface area (Å²) in [5, 5.41) is 20.0. The van der Waals surface area contributed by atoms with Crippen LogP contribution >= 0.6 is 0 Å². The average Bonchev–Trinajstić information content (AvgIpc) is 2.77. The van der Waals surface area contributed by atoms with Gasteiger partial charge in [-0.15, -0.1) is 0 Å². The van der Waals surface area contributed by atoms with Gasteiger partial charge in [-0.25, -0.2) is 0 Å². The van der Waals surface area contributed by atoms with Crippen molar-refractivity contribution >= 4 is 10.9 Å². The van der Waals surface area contributed by atoms with Gasteiger partial charge in [0.15, 0.2) is 5.76 Å². The van der Waals surface area contributed by atoms with Crippen molar-refractivity contribution < 1.29 is 14.6 Å². The molecule has 0 amide bonds. The van der Waals surface area contributed by atoms with E-state index in [-0.39, 0.29) is 11.5 Å². The topological polar surface area (TPSA) is 86.5 Å². The Morgan fingerprint density at radius 1 is 1.30 bits per heavy atom. The van der Waals surface area contributed by atoms with Crippen molar-refractivity contribution in [3.63, 3.8) is 0 Å². The van der Waals surface area contributed by atoms with Crippen molar-refractivity contribution in [1.29, 1.82) is 0 Å². The third kappa shape index (κ3) is 1.80. The molecule has 1 aromatic carbocycles. The molecule has 3 rings (SSSR count). The van der Waals surface area contributed by atoms with Crippen LogP contribution in [0.15, 0.2) is 39.5 Å². The number of hydrogen-bond donors (Lipinski definition) is 3. The van der Waals surface area contributed by atoms with E-state index >= 15 is 0 Å². The Balaban J connectivity index is 2.39. The number of hydrogen-bond acceptors (Lipinski definition) is 4. The second kappa shape index (κ2) is 4.54. The van der Waals surface area contributed by atoms with E-state index in [1.54, 1.807) is 0 Å². The Kier molecular flexibility index (Phi) is 2.84. The highest BCUT2D eigenvalue weighted by molar-refractivity contribution is 5.97. The molecule has 3 N–H and O–H groups in total. The van der Waals surface area contributed by atoms with E-state index in [1.165, 1.54) is 0 Å². The Hall–Kier alpha value is -2.53. The zero-order chi connectivity index (χ0) is 14.3. The standard InChI is InChI=1S/C15H13NO4/c1-8-13(10-4-2-3-5-11(10)16-8)15-14(19)12(18)6-9(7-17)20-15/h2-6,16-17,19H,7H2,1H3. The van der Waals surface area contributed by atoms with E-state index in [0.29, 0.717) is 5.56 Å². The van der Waals surface area contributed by atoms with Gasteiger partial charge in [0, 0.05) is 28.2 Å². The number of aromatic nitrogens is 1. The smallest absolute Gasteiger partial charge is 0.227 e. The first-order valence-electron chi connectivity index (χ1n) is 6.16. The SMILES string of the molecule is Cc1[nH]c2ccccc2c1-c1oc(CO)cc(=O)c1O. The maximum atomic E-state index is 11.7. The van der Waals surface area contributed by atoms with Gasteiger partial charge < -0.3 is 19.6 Å². The second-order valence-corrected chi connectivity index (χ2v) is 4.58. The van der Waals surface area contributed by atoms with E-state index in [9.17, 15) is 9.90 Å². The van der Waals surface area contributed by atoms with E-state index in [4.69, 9.17) is 9.52 Å². The molecule has 3 aromatic rings. The molecule has 5 nitrogen and oxygen atoms in total. The number of fused-ring (bicyclic) bond motifs is 1. The van der Waals surface area contributed by atoms with Crippen molar-refractivity contribution in [2.24, 2.45) is 0 Å². The highest BCUT2D eigenvalue weighted by Gasteiger charge is 2.19. The maximum Gasteiger partial charge on any atom is 0.227 e. The Labute approximate surface area is 114 Å². The molecule has 0 aliphatic rings. The summed E-state index contributed by atoms with van der Waals surface area (Å²) in [6.07, 6.45) is 0. The van der Waals surface area contributed by atoms with Crippen LogP contribution in [0.1, 0.15) is 11.5 Å². The second-order valence-electron chi connectivity index (χ2n) is 4.58. The first-order chi connectivity index (χ1) is 9.61. The van der Waals surface area contributed by atoms with Crippen LogP contribution in [0.3, 0.4) is 0 Å². The molecular formula is C15H13NO4. The highest BCUT2D eigenvalue weighted by atomic mass is 16.4. The molecule has 102 valence electrons. The van der Waals surface area contributed by atoms with Crippen LogP contribution in [-0.4, -0.2) is 15.2 Å². The fraction of sp³-hybridized carbons (Fsp3) is 0.133. The molecule has 2 heterocycles. The molecule has 0 fully saturated rings. The number of H-pyrrole nitrogens is 1. The quantitative estimate of drug-likeness (QED) is 0.667. The van der Waals surface area contributed by atoms with Gasteiger partial charge in [-0.3, -0.25) is 4.79 Å². The normalized spacial score (nSPS) is 11.1. The zero-order valence-electron chi connectivity index (χ0n) is 10.8. The Morgan fingerprint density at radius 3 is 2.80 bits per heavy atom. The molecule has 0 saturated carbocycles. The molecule has 2 aromatic heterocycles. The predicted molar refractivity (Wildman–Crippen MR) is 74.6 cm³/mol. The molecule has 5 heteroatoms. The van der Waals surface area contributed by atoms with Gasteiger partial charge >= 0.3 is 0 Å². The lowest BCUT2D eigenvalue weighted by atomic mass is 10.1. The summed E-state index contributed by atoms with van der Waals surface area (Å²) in [6.45, 7) is 1.43. The number of rotatable bonds is 2. The largest absolute Gasteiger partial charge is 0.502 e. The summed E-state index contributed by atoms with van der Waals surface area (Å²) in [4.78, 5) is 14.9. The van der Waals surface area contributed by atoms with E-state index in [1.807, 2.05) is 31.2 Å². The lowest BCUT2D eigenvalue weighted by molar-refractivity contribution is 0.243.